The van der Waals surface area contributed by atoms with E-state index in [9.17, 15) is 4.39 Å². The highest BCUT2D eigenvalue weighted by molar-refractivity contribution is 9.10. The van der Waals surface area contributed by atoms with Crippen LogP contribution in [-0.4, -0.2) is 20.6 Å². The molecule has 1 heterocycles. The summed E-state index contributed by atoms with van der Waals surface area (Å²) in [5, 5.41) is 13.6. The summed E-state index contributed by atoms with van der Waals surface area (Å²) in [4.78, 5) is 0. The summed E-state index contributed by atoms with van der Waals surface area (Å²) < 4.78 is 20.0. The number of tetrazole rings is 1. The molecule has 2 rings (SSSR count). The van der Waals surface area contributed by atoms with E-state index in [1.807, 2.05) is 13.8 Å². The number of ether oxygens (including phenoxy) is 1. The lowest BCUT2D eigenvalue weighted by atomic mass is 10.1. The molecular formula is C11H12BrFN4O. The topological polar surface area (TPSA) is 63.7 Å². The fourth-order valence-corrected chi connectivity index (χ4v) is 1.82. The van der Waals surface area contributed by atoms with Crippen LogP contribution in [0.25, 0.3) is 0 Å². The number of nitrogens with zero attached hydrogens (tertiary/aromatic N) is 3. The van der Waals surface area contributed by atoms with Crippen LogP contribution >= 0.6 is 15.9 Å². The van der Waals surface area contributed by atoms with Gasteiger partial charge in [0.2, 0.25) is 5.82 Å². The van der Waals surface area contributed by atoms with E-state index >= 15 is 0 Å². The SMILES string of the molecule is CC(C)C(Oc1ccc(Br)cc1F)c1nn[nH]n1. The van der Waals surface area contributed by atoms with Gasteiger partial charge in [-0.25, -0.2) is 4.39 Å². The summed E-state index contributed by atoms with van der Waals surface area (Å²) in [6, 6.07) is 4.63. The number of H-pyrrole nitrogens is 1. The summed E-state index contributed by atoms with van der Waals surface area (Å²) in [6.07, 6.45) is -0.445. The molecule has 0 saturated heterocycles. The van der Waals surface area contributed by atoms with Crippen LogP contribution in [0.4, 0.5) is 4.39 Å². The summed E-state index contributed by atoms with van der Waals surface area (Å²) in [7, 11) is 0. The van der Waals surface area contributed by atoms with Crippen LogP contribution in [0.5, 0.6) is 5.75 Å². The first-order valence-electron chi connectivity index (χ1n) is 5.43. The largest absolute Gasteiger partial charge is 0.479 e. The summed E-state index contributed by atoms with van der Waals surface area (Å²) in [6.45, 7) is 3.88. The molecule has 96 valence electrons. The molecule has 1 atom stereocenters. The molecule has 5 nitrogen and oxygen atoms in total. The molecule has 0 bridgehead atoms. The molecule has 0 fully saturated rings. The Labute approximate surface area is 112 Å². The number of halogens is 2. The van der Waals surface area contributed by atoms with Crippen molar-refractivity contribution in [2.24, 2.45) is 5.92 Å². The van der Waals surface area contributed by atoms with E-state index in [0.717, 1.165) is 0 Å². The number of hydrogen-bond donors (Lipinski definition) is 1. The molecule has 0 saturated carbocycles. The van der Waals surface area contributed by atoms with Gasteiger partial charge in [-0.15, -0.1) is 10.2 Å². The first-order valence-corrected chi connectivity index (χ1v) is 6.22. The highest BCUT2D eigenvalue weighted by atomic mass is 79.9. The molecule has 0 aliphatic rings. The maximum Gasteiger partial charge on any atom is 0.215 e. The molecule has 1 unspecified atom stereocenters. The van der Waals surface area contributed by atoms with Gasteiger partial charge in [-0.1, -0.05) is 35.0 Å². The third-order valence-corrected chi connectivity index (χ3v) is 2.86. The number of benzene rings is 1. The van der Waals surface area contributed by atoms with Crippen molar-refractivity contribution in [2.75, 3.05) is 0 Å². The zero-order chi connectivity index (χ0) is 13.1. The van der Waals surface area contributed by atoms with Crippen LogP contribution in [-0.2, 0) is 0 Å². The van der Waals surface area contributed by atoms with E-state index in [-0.39, 0.29) is 11.7 Å². The molecule has 2 aromatic rings. The first-order chi connectivity index (χ1) is 8.58. The minimum Gasteiger partial charge on any atom is -0.479 e. The van der Waals surface area contributed by atoms with Crippen molar-refractivity contribution in [3.8, 4) is 5.75 Å². The van der Waals surface area contributed by atoms with Gasteiger partial charge in [-0.05, 0) is 24.1 Å². The minimum atomic E-state index is -0.445. The zero-order valence-electron chi connectivity index (χ0n) is 9.89. The highest BCUT2D eigenvalue weighted by Crippen LogP contribution is 2.29. The standard InChI is InChI=1S/C11H12BrFN4O/c1-6(2)10(11-14-16-17-15-11)18-9-4-3-7(12)5-8(9)13/h3-6,10H,1-2H3,(H,14,15,16,17). The van der Waals surface area contributed by atoms with E-state index in [0.29, 0.717) is 10.3 Å². The van der Waals surface area contributed by atoms with Crippen molar-refractivity contribution < 1.29 is 9.13 Å². The lowest BCUT2D eigenvalue weighted by Gasteiger charge is -2.19. The van der Waals surface area contributed by atoms with Crippen molar-refractivity contribution in [2.45, 2.75) is 20.0 Å². The number of hydrogen-bond acceptors (Lipinski definition) is 4. The van der Waals surface area contributed by atoms with Gasteiger partial charge < -0.3 is 4.74 Å². The van der Waals surface area contributed by atoms with Crippen LogP contribution < -0.4 is 4.74 Å². The maximum atomic E-state index is 13.7. The van der Waals surface area contributed by atoms with E-state index < -0.39 is 11.9 Å². The normalized spacial score (nSPS) is 12.7. The Morgan fingerprint density at radius 1 is 1.39 bits per heavy atom. The summed E-state index contributed by atoms with van der Waals surface area (Å²) in [5.41, 5.74) is 0. The molecule has 0 spiro atoms. The van der Waals surface area contributed by atoms with E-state index in [1.165, 1.54) is 6.07 Å². The molecule has 1 N–H and O–H groups in total. The minimum absolute atomic E-state index is 0.0886. The molecule has 0 aliphatic heterocycles. The van der Waals surface area contributed by atoms with Crippen molar-refractivity contribution in [1.29, 1.82) is 0 Å². The quantitative estimate of drug-likeness (QED) is 0.942. The molecular weight excluding hydrogens is 303 g/mol. The zero-order valence-corrected chi connectivity index (χ0v) is 11.5. The predicted molar refractivity (Wildman–Crippen MR) is 66.5 cm³/mol. The van der Waals surface area contributed by atoms with Gasteiger partial charge >= 0.3 is 0 Å². The van der Waals surface area contributed by atoms with Crippen molar-refractivity contribution >= 4 is 15.9 Å². The molecule has 7 heteroatoms. The van der Waals surface area contributed by atoms with E-state index in [1.54, 1.807) is 12.1 Å². The monoisotopic (exact) mass is 314 g/mol. The number of nitrogens with one attached hydrogen (secondary N) is 1. The van der Waals surface area contributed by atoms with E-state index in [2.05, 4.69) is 36.6 Å². The molecule has 1 aromatic carbocycles. The average Bonchev–Trinajstić information content (AvgIpc) is 2.80. The Hall–Kier alpha value is -1.50. The fourth-order valence-electron chi connectivity index (χ4n) is 1.48. The van der Waals surface area contributed by atoms with Gasteiger partial charge in [0.05, 0.1) is 0 Å². The lowest BCUT2D eigenvalue weighted by Crippen LogP contribution is -2.16. The van der Waals surface area contributed by atoms with Gasteiger partial charge in [0.15, 0.2) is 17.7 Å². The third kappa shape index (κ3) is 2.84. The molecule has 0 aliphatic carbocycles. The first kappa shape index (κ1) is 12.9. The smallest absolute Gasteiger partial charge is 0.215 e. The molecule has 1 aromatic heterocycles. The van der Waals surface area contributed by atoms with Crippen LogP contribution in [0.2, 0.25) is 0 Å². The second-order valence-corrected chi connectivity index (χ2v) is 5.04. The Kier molecular flexibility index (Phi) is 3.90. The van der Waals surface area contributed by atoms with Crippen molar-refractivity contribution in [3.63, 3.8) is 0 Å². The summed E-state index contributed by atoms with van der Waals surface area (Å²) >= 11 is 3.19. The lowest BCUT2D eigenvalue weighted by molar-refractivity contribution is 0.138. The van der Waals surface area contributed by atoms with Crippen molar-refractivity contribution in [3.05, 3.63) is 34.3 Å². The van der Waals surface area contributed by atoms with Crippen LogP contribution in [0.3, 0.4) is 0 Å². The molecule has 0 amide bonds. The Balaban J connectivity index is 2.24. The average molecular weight is 315 g/mol. The second-order valence-electron chi connectivity index (χ2n) is 4.13. The highest BCUT2D eigenvalue weighted by Gasteiger charge is 2.23. The number of aromatic amines is 1. The molecule has 0 radical (unpaired) electrons. The van der Waals surface area contributed by atoms with Crippen LogP contribution in [0.15, 0.2) is 22.7 Å². The van der Waals surface area contributed by atoms with Gasteiger partial charge in [0.25, 0.3) is 0 Å². The fraction of sp³-hybridized carbons (Fsp3) is 0.364. The maximum absolute atomic E-state index is 13.7. The van der Waals surface area contributed by atoms with Gasteiger partial charge in [0, 0.05) is 4.47 Å². The van der Waals surface area contributed by atoms with Gasteiger partial charge in [-0.2, -0.15) is 5.21 Å². The molecule has 18 heavy (non-hydrogen) atoms. The van der Waals surface area contributed by atoms with E-state index in [4.69, 9.17) is 4.74 Å². The Bertz CT molecular complexity index is 518. The number of aromatic nitrogens is 4. The Morgan fingerprint density at radius 2 is 2.17 bits per heavy atom. The summed E-state index contributed by atoms with van der Waals surface area (Å²) in [5.74, 6) is 0.234. The number of rotatable bonds is 4. The van der Waals surface area contributed by atoms with Crippen LogP contribution in [0.1, 0.15) is 25.8 Å². The van der Waals surface area contributed by atoms with Crippen LogP contribution in [0, 0.1) is 11.7 Å². The van der Waals surface area contributed by atoms with Crippen molar-refractivity contribution in [1.82, 2.24) is 20.6 Å². The third-order valence-electron chi connectivity index (χ3n) is 2.37. The van der Waals surface area contributed by atoms with Gasteiger partial charge in [0.1, 0.15) is 0 Å². The predicted octanol–water partition coefficient (Wildman–Crippen LogP) is 2.88. The Morgan fingerprint density at radius 3 is 2.72 bits per heavy atom. The second kappa shape index (κ2) is 5.43. The van der Waals surface area contributed by atoms with Gasteiger partial charge in [-0.3, -0.25) is 0 Å².